The maximum absolute atomic E-state index is 12.4. The number of phenolic OH excluding ortho intramolecular Hbond substituents is 1. The van der Waals surface area contributed by atoms with Gasteiger partial charge in [-0.25, -0.2) is 4.99 Å². The third-order valence-corrected chi connectivity index (χ3v) is 8.28. The summed E-state index contributed by atoms with van der Waals surface area (Å²) < 4.78 is 0. The molecule has 1 aromatic carbocycles. The molecule has 2 saturated carbocycles. The summed E-state index contributed by atoms with van der Waals surface area (Å²) in [6.45, 7) is 2.23. The second-order valence-corrected chi connectivity index (χ2v) is 9.94. The predicted molar refractivity (Wildman–Crippen MR) is 112 cm³/mol. The van der Waals surface area contributed by atoms with Gasteiger partial charge in [0.05, 0.1) is 0 Å². The highest BCUT2D eigenvalue weighted by Gasteiger charge is 2.57. The van der Waals surface area contributed by atoms with E-state index in [0.29, 0.717) is 17.7 Å². The number of aliphatic imine (C=N–C) groups is 1. The van der Waals surface area contributed by atoms with Crippen molar-refractivity contribution in [3.63, 3.8) is 0 Å². The predicted octanol–water partition coefficient (Wildman–Crippen LogP) is 2.09. The van der Waals surface area contributed by atoms with Gasteiger partial charge in [-0.05, 0) is 80.2 Å². The van der Waals surface area contributed by atoms with Crippen molar-refractivity contribution < 1.29 is 14.7 Å². The lowest BCUT2D eigenvalue weighted by Crippen LogP contribution is -2.63. The molecule has 3 aliphatic carbocycles. The summed E-state index contributed by atoms with van der Waals surface area (Å²) in [4.78, 5) is 31.2. The maximum Gasteiger partial charge on any atom is 0.282 e. The Morgan fingerprint density at radius 3 is 2.93 bits per heavy atom. The first kappa shape index (κ1) is 18.3. The Balaban J connectivity index is 1.45. The third kappa shape index (κ3) is 2.62. The van der Waals surface area contributed by atoms with Crippen molar-refractivity contribution >= 4 is 17.5 Å². The molecule has 2 amide bonds. The summed E-state index contributed by atoms with van der Waals surface area (Å²) in [6.07, 6.45) is 8.08. The Hall–Kier alpha value is -2.47. The normalized spacial score (nSPS) is 34.9. The zero-order chi connectivity index (χ0) is 20.6. The highest BCUT2D eigenvalue weighted by molar-refractivity contribution is 6.23. The summed E-state index contributed by atoms with van der Waals surface area (Å²) in [7, 11) is 0. The third-order valence-electron chi connectivity index (χ3n) is 8.28. The van der Waals surface area contributed by atoms with Crippen molar-refractivity contribution in [1.82, 2.24) is 4.90 Å². The van der Waals surface area contributed by atoms with Crippen LogP contribution in [0.4, 0.5) is 0 Å². The molecule has 0 radical (unpaired) electrons. The molecule has 6 heteroatoms. The molecule has 2 heterocycles. The minimum Gasteiger partial charge on any atom is -0.508 e. The van der Waals surface area contributed by atoms with E-state index in [4.69, 9.17) is 5.73 Å². The van der Waals surface area contributed by atoms with E-state index >= 15 is 0 Å². The molecular formula is C24H27N3O3. The first-order chi connectivity index (χ1) is 14.4. The smallest absolute Gasteiger partial charge is 0.282 e. The van der Waals surface area contributed by atoms with Crippen LogP contribution in [0.3, 0.4) is 0 Å². The molecule has 1 aromatic rings. The van der Waals surface area contributed by atoms with Gasteiger partial charge in [-0.3, -0.25) is 14.5 Å². The molecule has 0 spiro atoms. The lowest BCUT2D eigenvalue weighted by molar-refractivity contribution is -0.120. The van der Waals surface area contributed by atoms with Crippen molar-refractivity contribution in [3.8, 4) is 5.75 Å². The van der Waals surface area contributed by atoms with Gasteiger partial charge < -0.3 is 10.8 Å². The molecule has 3 fully saturated rings. The van der Waals surface area contributed by atoms with Crippen LogP contribution in [-0.2, 0) is 21.4 Å². The van der Waals surface area contributed by atoms with Gasteiger partial charge in [0.15, 0.2) is 0 Å². The minimum absolute atomic E-state index is 0.00515. The summed E-state index contributed by atoms with van der Waals surface area (Å²) >= 11 is 0. The largest absolute Gasteiger partial charge is 0.508 e. The van der Waals surface area contributed by atoms with E-state index in [1.54, 1.807) is 12.1 Å². The van der Waals surface area contributed by atoms with Crippen molar-refractivity contribution in [1.29, 1.82) is 0 Å². The summed E-state index contributed by atoms with van der Waals surface area (Å²) in [5, 5.41) is 10.3. The second-order valence-electron chi connectivity index (χ2n) is 9.94. The van der Waals surface area contributed by atoms with Gasteiger partial charge in [0.1, 0.15) is 11.3 Å². The maximum atomic E-state index is 12.4. The lowest BCUT2D eigenvalue weighted by Gasteiger charge is -2.60. The Kier molecular flexibility index (Phi) is 3.82. The summed E-state index contributed by atoms with van der Waals surface area (Å²) in [5.41, 5.74) is 8.82. The van der Waals surface area contributed by atoms with E-state index in [-0.39, 0.29) is 16.9 Å². The number of hydrogen-bond donors (Lipinski definition) is 2. The Morgan fingerprint density at radius 1 is 1.33 bits per heavy atom. The number of likely N-dealkylation sites (tertiary alicyclic amines) is 1. The quantitative estimate of drug-likeness (QED) is 0.753. The number of carbonyl (C=O) groups excluding carboxylic acids is 2. The number of nitrogens with zero attached hydrogens (tertiary/aromatic N) is 2. The van der Waals surface area contributed by atoms with Crippen LogP contribution in [0.15, 0.2) is 34.8 Å². The standard InChI is InChI=1S/C24H27N3O3/c25-22(29)17-7-15-8-19-21-9-14-3-4-16(28)10-18(14)24(19,11-20(15)26-23(17)30)5-6-27(21)12-13-1-2-13/h3-4,7,10,13,15,19,21,28H,1-2,5-6,8-9,11-12H2,(H2,25,29)/t15?,19-,21+,24+/m0/s1. The number of rotatable bonds is 3. The zero-order valence-electron chi connectivity index (χ0n) is 17.0. The highest BCUT2D eigenvalue weighted by atomic mass is 16.3. The highest BCUT2D eigenvalue weighted by Crippen LogP contribution is 2.57. The summed E-state index contributed by atoms with van der Waals surface area (Å²) in [6, 6.07) is 6.29. The number of dihydropyridines is 1. The molecular weight excluding hydrogens is 378 g/mol. The lowest BCUT2D eigenvalue weighted by atomic mass is 9.50. The van der Waals surface area contributed by atoms with Crippen molar-refractivity contribution in [3.05, 3.63) is 41.0 Å². The average molecular weight is 405 g/mol. The number of nitrogens with two attached hydrogens (primary N) is 1. The van der Waals surface area contributed by atoms with E-state index < -0.39 is 11.8 Å². The molecule has 5 aliphatic rings. The topological polar surface area (TPSA) is 96.0 Å². The number of hydrogen-bond acceptors (Lipinski definition) is 4. The summed E-state index contributed by atoms with van der Waals surface area (Å²) in [5.74, 6) is 0.386. The van der Waals surface area contributed by atoms with Gasteiger partial charge in [-0.15, -0.1) is 0 Å². The van der Waals surface area contributed by atoms with Crippen LogP contribution in [0.25, 0.3) is 0 Å². The molecule has 30 heavy (non-hydrogen) atoms. The van der Waals surface area contributed by atoms with Gasteiger partial charge in [0, 0.05) is 29.6 Å². The van der Waals surface area contributed by atoms with E-state index in [2.05, 4.69) is 16.0 Å². The molecule has 4 atom stereocenters. The number of piperidine rings is 1. The fourth-order valence-electron chi connectivity index (χ4n) is 6.71. The molecule has 6 nitrogen and oxygen atoms in total. The number of fused-ring (bicyclic) bond motifs is 2. The second kappa shape index (κ2) is 6.27. The van der Waals surface area contributed by atoms with Gasteiger partial charge in [-0.1, -0.05) is 12.1 Å². The fourth-order valence-corrected chi connectivity index (χ4v) is 6.71. The molecule has 156 valence electrons. The van der Waals surface area contributed by atoms with E-state index in [9.17, 15) is 14.7 Å². The Bertz CT molecular complexity index is 1020. The molecule has 0 aromatic heterocycles. The van der Waals surface area contributed by atoms with E-state index in [0.717, 1.165) is 43.9 Å². The van der Waals surface area contributed by atoms with E-state index in [1.807, 2.05) is 6.07 Å². The van der Waals surface area contributed by atoms with Gasteiger partial charge in [-0.2, -0.15) is 0 Å². The average Bonchev–Trinajstić information content (AvgIpc) is 3.52. The molecule has 6 rings (SSSR count). The Labute approximate surface area is 175 Å². The number of phenols is 1. The van der Waals surface area contributed by atoms with Crippen LogP contribution in [0, 0.1) is 17.8 Å². The number of primary amides is 1. The number of allylic oxidation sites excluding steroid dienone is 1. The van der Waals surface area contributed by atoms with Gasteiger partial charge >= 0.3 is 0 Å². The molecule has 1 saturated heterocycles. The SMILES string of the molecule is NC(=O)C1=CC2C[C@H]3[C@H]4Cc5ccc(O)cc5[C@@]3(CCN4CC3CC3)CC2=NC1=O. The number of carbonyl (C=O) groups is 2. The van der Waals surface area contributed by atoms with Crippen molar-refractivity contribution in [2.24, 2.45) is 28.5 Å². The molecule has 2 bridgehead atoms. The van der Waals surface area contributed by atoms with Crippen LogP contribution < -0.4 is 5.73 Å². The number of amides is 2. The van der Waals surface area contributed by atoms with Crippen LogP contribution >= 0.6 is 0 Å². The molecule has 1 unspecified atom stereocenters. The Morgan fingerprint density at radius 2 is 2.17 bits per heavy atom. The van der Waals surface area contributed by atoms with Crippen LogP contribution in [-0.4, -0.2) is 46.7 Å². The van der Waals surface area contributed by atoms with Gasteiger partial charge in [0.2, 0.25) is 0 Å². The first-order valence-electron chi connectivity index (χ1n) is 11.1. The number of aromatic hydroxyl groups is 1. The molecule has 3 N–H and O–H groups in total. The fraction of sp³-hybridized carbons (Fsp3) is 0.542. The van der Waals surface area contributed by atoms with Crippen LogP contribution in [0.1, 0.15) is 43.2 Å². The van der Waals surface area contributed by atoms with Crippen LogP contribution in [0.5, 0.6) is 5.75 Å². The first-order valence-corrected chi connectivity index (χ1v) is 11.1. The minimum atomic E-state index is -0.683. The zero-order valence-corrected chi connectivity index (χ0v) is 17.0. The van der Waals surface area contributed by atoms with Crippen molar-refractivity contribution in [2.45, 2.75) is 50.0 Å². The monoisotopic (exact) mass is 405 g/mol. The molecule has 2 aliphatic heterocycles. The number of benzene rings is 1. The van der Waals surface area contributed by atoms with Crippen LogP contribution in [0.2, 0.25) is 0 Å². The van der Waals surface area contributed by atoms with E-state index in [1.165, 1.54) is 30.5 Å². The van der Waals surface area contributed by atoms with Gasteiger partial charge in [0.25, 0.3) is 11.8 Å². The van der Waals surface area contributed by atoms with Crippen molar-refractivity contribution in [2.75, 3.05) is 13.1 Å².